The summed E-state index contributed by atoms with van der Waals surface area (Å²) in [6.45, 7) is 6.59. The van der Waals surface area contributed by atoms with Gasteiger partial charge in [0.1, 0.15) is 0 Å². The second kappa shape index (κ2) is 5.40. The first kappa shape index (κ1) is 12.9. The third kappa shape index (κ3) is 2.82. The molecule has 2 N–H and O–H groups in total. The largest absolute Gasteiger partial charge is 0.360 e. The van der Waals surface area contributed by atoms with Crippen LogP contribution >= 0.6 is 22.7 Å². The van der Waals surface area contributed by atoms with Crippen LogP contribution in [0.25, 0.3) is 0 Å². The third-order valence-corrected chi connectivity index (χ3v) is 4.06. The molecule has 2 aromatic rings. The number of hydrogen-bond donors (Lipinski definition) is 2. The van der Waals surface area contributed by atoms with Crippen molar-refractivity contribution in [1.29, 1.82) is 0 Å². The molecule has 0 saturated carbocycles. The van der Waals surface area contributed by atoms with E-state index in [0.717, 1.165) is 17.1 Å². The maximum atomic E-state index is 11.9. The Morgan fingerprint density at radius 3 is 2.61 bits per heavy atom. The molecular weight excluding hydrogens is 270 g/mol. The Bertz CT molecular complexity index is 543. The molecule has 0 saturated heterocycles. The first-order valence-corrected chi connectivity index (χ1v) is 7.06. The third-order valence-electron chi connectivity index (χ3n) is 2.20. The van der Waals surface area contributed by atoms with E-state index in [0.29, 0.717) is 15.3 Å². The summed E-state index contributed by atoms with van der Waals surface area (Å²) in [7, 11) is 0. The average Bonchev–Trinajstić information content (AvgIpc) is 2.88. The Hall–Kier alpha value is -1.54. The zero-order chi connectivity index (χ0) is 13.1. The van der Waals surface area contributed by atoms with Gasteiger partial charge in [0.05, 0.1) is 5.69 Å². The molecule has 0 radical (unpaired) electrons. The average molecular weight is 283 g/mol. The molecule has 18 heavy (non-hydrogen) atoms. The predicted molar refractivity (Wildman–Crippen MR) is 73.6 cm³/mol. The summed E-state index contributed by atoms with van der Waals surface area (Å²) in [4.78, 5) is 17.2. The van der Waals surface area contributed by atoms with Gasteiger partial charge in [-0.2, -0.15) is 0 Å². The van der Waals surface area contributed by atoms with Gasteiger partial charge in [-0.3, -0.25) is 10.1 Å². The minimum absolute atomic E-state index is 0.273. The van der Waals surface area contributed by atoms with Crippen molar-refractivity contribution in [3.63, 3.8) is 0 Å². The van der Waals surface area contributed by atoms with E-state index in [-0.39, 0.29) is 5.91 Å². The number of aromatic nitrogens is 3. The van der Waals surface area contributed by atoms with Gasteiger partial charge in [0.25, 0.3) is 5.91 Å². The number of rotatable bonds is 4. The molecule has 2 heterocycles. The zero-order valence-electron chi connectivity index (χ0n) is 10.3. The topological polar surface area (TPSA) is 79.8 Å². The molecule has 0 spiro atoms. The first-order chi connectivity index (χ1) is 8.60. The molecule has 2 rings (SSSR count). The maximum Gasteiger partial charge on any atom is 0.288 e. The van der Waals surface area contributed by atoms with Crippen molar-refractivity contribution in [3.05, 3.63) is 15.6 Å². The summed E-state index contributed by atoms with van der Waals surface area (Å²) < 4.78 is 0. The van der Waals surface area contributed by atoms with Crippen molar-refractivity contribution in [3.8, 4) is 0 Å². The summed E-state index contributed by atoms with van der Waals surface area (Å²) >= 11 is 2.68. The van der Waals surface area contributed by atoms with Gasteiger partial charge in [-0.1, -0.05) is 11.3 Å². The first-order valence-electron chi connectivity index (χ1n) is 5.43. The van der Waals surface area contributed by atoms with Crippen molar-refractivity contribution in [2.24, 2.45) is 0 Å². The van der Waals surface area contributed by atoms with Gasteiger partial charge in [-0.25, -0.2) is 4.98 Å². The summed E-state index contributed by atoms with van der Waals surface area (Å²) in [6, 6.07) is 0. The van der Waals surface area contributed by atoms with E-state index < -0.39 is 0 Å². The molecule has 0 aliphatic carbocycles. The number of carbonyl (C=O) groups is 1. The van der Waals surface area contributed by atoms with Crippen LogP contribution in [0.5, 0.6) is 0 Å². The van der Waals surface area contributed by atoms with Crippen LogP contribution in [-0.2, 0) is 0 Å². The van der Waals surface area contributed by atoms with Crippen LogP contribution in [0.4, 0.5) is 10.3 Å². The van der Waals surface area contributed by atoms with Gasteiger partial charge in [-0.15, -0.1) is 21.5 Å². The molecule has 0 bridgehead atoms. The Kier molecular flexibility index (Phi) is 3.87. The summed E-state index contributed by atoms with van der Waals surface area (Å²) in [6.07, 6.45) is 0. The van der Waals surface area contributed by atoms with E-state index in [1.165, 1.54) is 22.7 Å². The molecule has 6 nitrogen and oxygen atoms in total. The van der Waals surface area contributed by atoms with Gasteiger partial charge in [0.2, 0.25) is 10.1 Å². The molecule has 1 amide bonds. The van der Waals surface area contributed by atoms with E-state index in [9.17, 15) is 4.79 Å². The fraction of sp³-hybridized carbons (Fsp3) is 0.400. The van der Waals surface area contributed by atoms with Crippen LogP contribution in [0.3, 0.4) is 0 Å². The van der Waals surface area contributed by atoms with Gasteiger partial charge < -0.3 is 5.32 Å². The van der Waals surface area contributed by atoms with Crippen molar-refractivity contribution in [2.45, 2.75) is 20.8 Å². The molecule has 0 unspecified atom stereocenters. The van der Waals surface area contributed by atoms with Crippen LogP contribution in [0, 0.1) is 13.8 Å². The lowest BCUT2D eigenvalue weighted by atomic mass is 10.4. The molecule has 96 valence electrons. The number of anilines is 2. The van der Waals surface area contributed by atoms with Crippen molar-refractivity contribution >= 4 is 38.8 Å². The highest BCUT2D eigenvalue weighted by Crippen LogP contribution is 2.22. The van der Waals surface area contributed by atoms with Crippen LogP contribution in [0.15, 0.2) is 0 Å². The summed E-state index contributed by atoms with van der Waals surface area (Å²) in [5.41, 5.74) is 0.931. The quantitative estimate of drug-likeness (QED) is 0.900. The minimum Gasteiger partial charge on any atom is -0.360 e. The smallest absolute Gasteiger partial charge is 0.288 e. The van der Waals surface area contributed by atoms with E-state index in [2.05, 4.69) is 25.8 Å². The highest BCUT2D eigenvalue weighted by atomic mass is 32.1. The fourth-order valence-electron chi connectivity index (χ4n) is 1.21. The lowest BCUT2D eigenvalue weighted by Crippen LogP contribution is -2.11. The molecule has 0 fully saturated rings. The maximum absolute atomic E-state index is 11.9. The van der Waals surface area contributed by atoms with Gasteiger partial charge in [-0.05, 0) is 20.8 Å². The number of carbonyl (C=O) groups excluding carboxylic acids is 1. The normalized spacial score (nSPS) is 10.4. The summed E-state index contributed by atoms with van der Waals surface area (Å²) in [5.74, 6) is -0.273. The lowest BCUT2D eigenvalue weighted by molar-refractivity contribution is 0.102. The second-order valence-corrected chi connectivity index (χ2v) is 5.74. The van der Waals surface area contributed by atoms with Crippen molar-refractivity contribution in [1.82, 2.24) is 15.2 Å². The Labute approximate surface area is 112 Å². The fourth-order valence-corrected chi connectivity index (χ4v) is 2.73. The van der Waals surface area contributed by atoms with Crippen molar-refractivity contribution in [2.75, 3.05) is 17.2 Å². The van der Waals surface area contributed by atoms with E-state index in [1.54, 1.807) is 0 Å². The van der Waals surface area contributed by atoms with Crippen LogP contribution in [0.2, 0.25) is 0 Å². The Morgan fingerprint density at radius 1 is 1.22 bits per heavy atom. The standard InChI is InChI=1S/C10H13N5OS2/c1-4-11-9-15-14-8(18-9)7(16)13-10-12-5(2)6(3)17-10/h4H2,1-3H3,(H,11,15)(H,12,13,16). The van der Waals surface area contributed by atoms with Gasteiger partial charge >= 0.3 is 0 Å². The van der Waals surface area contributed by atoms with Gasteiger partial charge in [0, 0.05) is 11.4 Å². The molecule has 0 atom stereocenters. The monoisotopic (exact) mass is 283 g/mol. The Balaban J connectivity index is 2.06. The highest BCUT2D eigenvalue weighted by Gasteiger charge is 2.14. The lowest BCUT2D eigenvalue weighted by Gasteiger charge is -1.96. The SMILES string of the molecule is CCNc1nnc(C(=O)Nc2nc(C)c(C)s2)s1. The molecule has 0 aliphatic rings. The number of thiazole rings is 1. The number of hydrogen-bond acceptors (Lipinski definition) is 7. The number of nitrogens with one attached hydrogen (secondary N) is 2. The van der Waals surface area contributed by atoms with Crippen LogP contribution in [0.1, 0.15) is 27.3 Å². The van der Waals surface area contributed by atoms with Crippen LogP contribution < -0.4 is 10.6 Å². The zero-order valence-corrected chi connectivity index (χ0v) is 11.9. The number of aryl methyl sites for hydroxylation is 2. The van der Waals surface area contributed by atoms with E-state index >= 15 is 0 Å². The highest BCUT2D eigenvalue weighted by molar-refractivity contribution is 7.17. The van der Waals surface area contributed by atoms with E-state index in [4.69, 9.17) is 0 Å². The minimum atomic E-state index is -0.273. The number of nitrogens with zero attached hydrogens (tertiary/aromatic N) is 3. The molecule has 0 aromatic carbocycles. The second-order valence-electron chi connectivity index (χ2n) is 3.56. The van der Waals surface area contributed by atoms with Gasteiger partial charge in [0.15, 0.2) is 5.13 Å². The predicted octanol–water partition coefficient (Wildman–Crippen LogP) is 2.30. The van der Waals surface area contributed by atoms with E-state index in [1.807, 2.05) is 20.8 Å². The molecule has 2 aromatic heterocycles. The molecule has 0 aliphatic heterocycles. The van der Waals surface area contributed by atoms with Crippen molar-refractivity contribution < 1.29 is 4.79 Å². The number of amides is 1. The Morgan fingerprint density at radius 2 is 2.00 bits per heavy atom. The summed E-state index contributed by atoms with van der Waals surface area (Å²) in [5, 5.41) is 15.0. The van der Waals surface area contributed by atoms with Crippen LogP contribution in [-0.4, -0.2) is 27.6 Å². The molecule has 8 heteroatoms. The molecular formula is C10H13N5OS2.